The van der Waals surface area contributed by atoms with E-state index in [1.54, 1.807) is 30.0 Å². The molecule has 1 N–H and O–H groups in total. The number of pyridine rings is 1. The minimum atomic E-state index is -0.492. The largest absolute Gasteiger partial charge is 0.445 e. The second kappa shape index (κ2) is 11.8. The molecule has 35 heavy (non-hydrogen) atoms. The van der Waals surface area contributed by atoms with Gasteiger partial charge in [-0.2, -0.15) is 0 Å². The van der Waals surface area contributed by atoms with E-state index in [0.717, 1.165) is 5.56 Å². The Hall–Kier alpha value is -2.75. The Bertz CT molecular complexity index is 1220. The number of fused-ring (bicyclic) bond motifs is 1. The van der Waals surface area contributed by atoms with Crippen LogP contribution < -0.4 is 10.9 Å². The molecule has 0 bridgehead atoms. The molecule has 1 fully saturated rings. The quantitative estimate of drug-likeness (QED) is 0.403. The van der Waals surface area contributed by atoms with Crippen LogP contribution in [-0.2, 0) is 27.4 Å². The number of hydrogen-bond donors (Lipinski definition) is 1. The Morgan fingerprint density at radius 2 is 1.97 bits per heavy atom. The Morgan fingerprint density at radius 3 is 2.74 bits per heavy atom. The van der Waals surface area contributed by atoms with E-state index >= 15 is 0 Å². The van der Waals surface area contributed by atoms with E-state index in [9.17, 15) is 14.0 Å². The van der Waals surface area contributed by atoms with Gasteiger partial charge in [-0.05, 0) is 70.3 Å². The third-order valence-corrected chi connectivity index (χ3v) is 6.80. The maximum absolute atomic E-state index is 14.1. The summed E-state index contributed by atoms with van der Waals surface area (Å²) in [6.45, 7) is 0.759. The Morgan fingerprint density at radius 1 is 1.17 bits per heavy atom. The number of nitrogens with one attached hydrogen (secondary N) is 1. The number of rotatable bonds is 8. The van der Waals surface area contributed by atoms with Gasteiger partial charge in [0.25, 0.3) is 5.56 Å². The van der Waals surface area contributed by atoms with Gasteiger partial charge < -0.3 is 24.1 Å². The van der Waals surface area contributed by atoms with Gasteiger partial charge in [0.2, 0.25) is 0 Å². The Balaban J connectivity index is 1.44. The monoisotopic (exact) mass is 546 g/mol. The molecular weight excluding hydrogens is 519 g/mol. The van der Waals surface area contributed by atoms with Crippen LogP contribution in [0.3, 0.4) is 0 Å². The molecule has 1 aliphatic rings. The SMILES string of the molecule is COCO[C@H]1C[C@@H](Cn2ccc3cc(Br)c(F)cc3c2=O)C[C@@H](NC(=O)OCc2ccccc2)C1. The molecule has 0 aliphatic heterocycles. The number of nitrogens with zero attached hydrogens (tertiary/aromatic N) is 1. The number of aromatic nitrogens is 1. The molecule has 3 atom stereocenters. The van der Waals surface area contributed by atoms with Crippen molar-refractivity contribution < 1.29 is 23.4 Å². The van der Waals surface area contributed by atoms with E-state index in [2.05, 4.69) is 21.2 Å². The molecular formula is C26H28BrFN2O5. The predicted octanol–water partition coefficient (Wildman–Crippen LogP) is 4.99. The van der Waals surface area contributed by atoms with Crippen molar-refractivity contribution in [3.8, 4) is 0 Å². The lowest BCUT2D eigenvalue weighted by molar-refractivity contribution is -0.0927. The fourth-order valence-corrected chi connectivity index (χ4v) is 4.94. The van der Waals surface area contributed by atoms with E-state index in [0.29, 0.717) is 41.1 Å². The normalized spacial score (nSPS) is 20.0. The molecule has 0 unspecified atom stereocenters. The summed E-state index contributed by atoms with van der Waals surface area (Å²) in [5, 5.41) is 3.95. The number of hydrogen-bond acceptors (Lipinski definition) is 5. The number of carbonyl (C=O) groups is 1. The summed E-state index contributed by atoms with van der Waals surface area (Å²) in [5.74, 6) is -0.420. The Kier molecular flexibility index (Phi) is 8.54. The molecule has 186 valence electrons. The van der Waals surface area contributed by atoms with Crippen molar-refractivity contribution in [1.82, 2.24) is 9.88 Å². The van der Waals surface area contributed by atoms with Crippen LogP contribution >= 0.6 is 15.9 Å². The van der Waals surface area contributed by atoms with E-state index in [-0.39, 0.29) is 37.0 Å². The number of amides is 1. The molecule has 3 aromatic rings. The van der Waals surface area contributed by atoms with Crippen molar-refractivity contribution >= 4 is 32.8 Å². The van der Waals surface area contributed by atoms with Crippen molar-refractivity contribution in [3.05, 3.63) is 80.9 Å². The van der Waals surface area contributed by atoms with Crippen molar-refractivity contribution in [2.24, 2.45) is 5.92 Å². The van der Waals surface area contributed by atoms with Gasteiger partial charge in [0.1, 0.15) is 19.2 Å². The fraction of sp³-hybridized carbons (Fsp3) is 0.385. The zero-order valence-corrected chi connectivity index (χ0v) is 21.0. The van der Waals surface area contributed by atoms with Crippen molar-refractivity contribution in [3.63, 3.8) is 0 Å². The average molecular weight is 547 g/mol. The van der Waals surface area contributed by atoms with Crippen molar-refractivity contribution in [1.29, 1.82) is 0 Å². The Labute approximate surface area is 211 Å². The molecule has 1 saturated carbocycles. The average Bonchev–Trinajstić information content (AvgIpc) is 2.85. The topological polar surface area (TPSA) is 78.8 Å². The number of methoxy groups -OCH3 is 1. The van der Waals surface area contributed by atoms with Crippen LogP contribution in [0.4, 0.5) is 9.18 Å². The van der Waals surface area contributed by atoms with E-state index in [1.165, 1.54) is 6.07 Å². The van der Waals surface area contributed by atoms with Crippen molar-refractivity contribution in [2.45, 2.75) is 44.6 Å². The second-order valence-electron chi connectivity index (χ2n) is 8.80. The zero-order valence-electron chi connectivity index (χ0n) is 19.4. The second-order valence-corrected chi connectivity index (χ2v) is 9.65. The molecule has 1 aliphatic carbocycles. The van der Waals surface area contributed by atoms with E-state index in [1.807, 2.05) is 30.3 Å². The zero-order chi connectivity index (χ0) is 24.8. The summed E-state index contributed by atoms with van der Waals surface area (Å²) >= 11 is 3.16. The summed E-state index contributed by atoms with van der Waals surface area (Å²) < 4.78 is 32.2. The predicted molar refractivity (Wildman–Crippen MR) is 134 cm³/mol. The minimum Gasteiger partial charge on any atom is -0.445 e. The first-order valence-corrected chi connectivity index (χ1v) is 12.3. The van der Waals surface area contributed by atoms with Gasteiger partial charge in [-0.25, -0.2) is 9.18 Å². The van der Waals surface area contributed by atoms with Crippen LogP contribution in [0.25, 0.3) is 10.8 Å². The number of alkyl carbamates (subject to hydrolysis) is 1. The first kappa shape index (κ1) is 25.3. The van der Waals surface area contributed by atoms with Gasteiger partial charge >= 0.3 is 6.09 Å². The summed E-state index contributed by atoms with van der Waals surface area (Å²) in [6.07, 6.45) is 3.08. The highest BCUT2D eigenvalue weighted by atomic mass is 79.9. The first-order chi connectivity index (χ1) is 16.9. The van der Waals surface area contributed by atoms with Gasteiger partial charge in [-0.1, -0.05) is 30.3 Å². The molecule has 4 rings (SSSR count). The van der Waals surface area contributed by atoms with Crippen LogP contribution in [-0.4, -0.2) is 36.7 Å². The van der Waals surface area contributed by atoms with E-state index in [4.69, 9.17) is 14.2 Å². The first-order valence-electron chi connectivity index (χ1n) is 11.5. The van der Waals surface area contributed by atoms with Crippen LogP contribution in [0.5, 0.6) is 0 Å². The van der Waals surface area contributed by atoms with Gasteiger partial charge in [-0.15, -0.1) is 0 Å². The van der Waals surface area contributed by atoms with Crippen LogP contribution in [0, 0.1) is 11.7 Å². The highest BCUT2D eigenvalue weighted by Crippen LogP contribution is 2.29. The van der Waals surface area contributed by atoms with Gasteiger partial charge in [-0.3, -0.25) is 4.79 Å². The van der Waals surface area contributed by atoms with Gasteiger partial charge in [0.15, 0.2) is 0 Å². The maximum atomic E-state index is 14.1. The van der Waals surface area contributed by atoms with E-state index < -0.39 is 11.9 Å². The van der Waals surface area contributed by atoms with Crippen LogP contribution in [0.15, 0.2) is 64.0 Å². The lowest BCUT2D eigenvalue weighted by Crippen LogP contribution is -2.44. The fourth-order valence-electron chi connectivity index (χ4n) is 4.58. The number of halogens is 2. The van der Waals surface area contributed by atoms with Gasteiger partial charge in [0, 0.05) is 25.9 Å². The molecule has 1 amide bonds. The molecule has 2 aromatic carbocycles. The molecule has 0 saturated heterocycles. The summed E-state index contributed by atoms with van der Waals surface area (Å²) in [6, 6.07) is 14.0. The summed E-state index contributed by atoms with van der Waals surface area (Å²) in [5.41, 5.74) is 0.658. The summed E-state index contributed by atoms with van der Waals surface area (Å²) in [4.78, 5) is 25.5. The standard InChI is InChI=1S/C26H28BrFN2O5/c1-33-16-35-21-10-18(9-20(12-21)29-26(32)34-15-17-5-3-2-4-6-17)14-30-8-7-19-11-23(27)24(28)13-22(19)25(30)31/h2-8,11,13,18,20-21H,9-10,12,14-16H2,1H3,(H,29,32)/t18-,20+,21-/m0/s1. The summed E-state index contributed by atoms with van der Waals surface area (Å²) in [7, 11) is 1.56. The molecule has 0 radical (unpaired) electrons. The molecule has 0 spiro atoms. The smallest absolute Gasteiger partial charge is 0.407 e. The third-order valence-electron chi connectivity index (χ3n) is 6.19. The number of benzene rings is 2. The highest BCUT2D eigenvalue weighted by Gasteiger charge is 2.31. The molecule has 1 heterocycles. The maximum Gasteiger partial charge on any atom is 0.407 e. The lowest BCUT2D eigenvalue weighted by Gasteiger charge is -2.35. The molecule has 1 aromatic heterocycles. The van der Waals surface area contributed by atoms with Crippen molar-refractivity contribution in [2.75, 3.05) is 13.9 Å². The highest BCUT2D eigenvalue weighted by molar-refractivity contribution is 9.10. The third kappa shape index (κ3) is 6.68. The number of carbonyl (C=O) groups excluding carboxylic acids is 1. The van der Waals surface area contributed by atoms with Crippen LogP contribution in [0.1, 0.15) is 24.8 Å². The van der Waals surface area contributed by atoms with Crippen LogP contribution in [0.2, 0.25) is 0 Å². The molecule has 7 nitrogen and oxygen atoms in total. The lowest BCUT2D eigenvalue weighted by atomic mass is 9.83. The minimum absolute atomic E-state index is 0.0560. The molecule has 9 heteroatoms. The number of ether oxygens (including phenoxy) is 3. The van der Waals surface area contributed by atoms with Gasteiger partial charge in [0.05, 0.1) is 16.0 Å².